The molecule has 0 saturated heterocycles. The molecular weight excluding hydrogens is 174 g/mol. The van der Waals surface area contributed by atoms with Crippen LogP contribution >= 0.6 is 0 Å². The highest BCUT2D eigenvalue weighted by Gasteiger charge is 2.05. The van der Waals surface area contributed by atoms with Gasteiger partial charge in [0.15, 0.2) is 0 Å². The van der Waals surface area contributed by atoms with Crippen LogP contribution in [-0.4, -0.2) is 9.97 Å². The SMILES string of the molecule is C=CCCCCC(N)c1ccncn1. The molecule has 1 atom stereocenters. The van der Waals surface area contributed by atoms with Gasteiger partial charge in [-0.05, 0) is 25.3 Å². The number of hydrogen-bond acceptors (Lipinski definition) is 3. The molecule has 0 fully saturated rings. The van der Waals surface area contributed by atoms with Crippen LogP contribution in [0.1, 0.15) is 37.4 Å². The lowest BCUT2D eigenvalue weighted by atomic mass is 10.1. The summed E-state index contributed by atoms with van der Waals surface area (Å²) in [6, 6.07) is 1.92. The topological polar surface area (TPSA) is 51.8 Å². The maximum Gasteiger partial charge on any atom is 0.115 e. The predicted molar refractivity (Wildman–Crippen MR) is 57.6 cm³/mol. The number of nitrogens with two attached hydrogens (primary N) is 1. The van der Waals surface area contributed by atoms with Crippen LogP contribution in [0.3, 0.4) is 0 Å². The summed E-state index contributed by atoms with van der Waals surface area (Å²) < 4.78 is 0. The molecule has 0 aromatic carbocycles. The van der Waals surface area contributed by atoms with Gasteiger partial charge in [0.05, 0.1) is 5.69 Å². The summed E-state index contributed by atoms with van der Waals surface area (Å²) in [4.78, 5) is 7.98. The normalized spacial score (nSPS) is 12.4. The van der Waals surface area contributed by atoms with Gasteiger partial charge in [-0.1, -0.05) is 12.5 Å². The van der Waals surface area contributed by atoms with Gasteiger partial charge in [0, 0.05) is 12.2 Å². The summed E-state index contributed by atoms with van der Waals surface area (Å²) in [5.74, 6) is 0. The Kier molecular flexibility index (Phi) is 4.86. The van der Waals surface area contributed by atoms with Crippen molar-refractivity contribution in [1.82, 2.24) is 9.97 Å². The van der Waals surface area contributed by atoms with Gasteiger partial charge in [-0.25, -0.2) is 9.97 Å². The first-order valence-electron chi connectivity index (χ1n) is 4.97. The van der Waals surface area contributed by atoms with Gasteiger partial charge in [0.25, 0.3) is 0 Å². The lowest BCUT2D eigenvalue weighted by molar-refractivity contribution is 0.577. The predicted octanol–water partition coefficient (Wildman–Crippen LogP) is 2.22. The molecule has 3 heteroatoms. The van der Waals surface area contributed by atoms with Crippen LogP contribution in [0.5, 0.6) is 0 Å². The molecule has 14 heavy (non-hydrogen) atoms. The average Bonchev–Trinajstić information content (AvgIpc) is 2.25. The highest BCUT2D eigenvalue weighted by atomic mass is 14.8. The van der Waals surface area contributed by atoms with E-state index >= 15 is 0 Å². The van der Waals surface area contributed by atoms with Crippen LogP contribution in [0.2, 0.25) is 0 Å². The quantitative estimate of drug-likeness (QED) is 0.554. The monoisotopic (exact) mass is 191 g/mol. The zero-order chi connectivity index (χ0) is 10.2. The second-order valence-corrected chi connectivity index (χ2v) is 3.31. The summed E-state index contributed by atoms with van der Waals surface area (Å²) in [6.07, 6.45) is 9.53. The molecule has 0 saturated carbocycles. The molecule has 1 unspecified atom stereocenters. The summed E-state index contributed by atoms with van der Waals surface area (Å²) in [5.41, 5.74) is 6.89. The first kappa shape index (κ1) is 10.9. The molecule has 2 N–H and O–H groups in total. The van der Waals surface area contributed by atoms with Crippen LogP contribution in [0, 0.1) is 0 Å². The van der Waals surface area contributed by atoms with E-state index in [-0.39, 0.29) is 6.04 Å². The minimum absolute atomic E-state index is 0.0443. The molecule has 0 bridgehead atoms. The second kappa shape index (κ2) is 6.27. The van der Waals surface area contributed by atoms with Crippen molar-refractivity contribution < 1.29 is 0 Å². The third-order valence-electron chi connectivity index (χ3n) is 2.16. The summed E-state index contributed by atoms with van der Waals surface area (Å²) >= 11 is 0. The van der Waals surface area contributed by atoms with E-state index in [2.05, 4.69) is 16.5 Å². The van der Waals surface area contributed by atoms with Crippen molar-refractivity contribution in [2.24, 2.45) is 5.73 Å². The number of hydrogen-bond donors (Lipinski definition) is 1. The Morgan fingerprint density at radius 1 is 1.50 bits per heavy atom. The molecule has 76 valence electrons. The lowest BCUT2D eigenvalue weighted by Crippen LogP contribution is -2.11. The Hall–Kier alpha value is -1.22. The second-order valence-electron chi connectivity index (χ2n) is 3.31. The fourth-order valence-electron chi connectivity index (χ4n) is 1.32. The van der Waals surface area contributed by atoms with Crippen LogP contribution < -0.4 is 5.73 Å². The molecule has 0 aliphatic heterocycles. The van der Waals surface area contributed by atoms with Gasteiger partial charge in [-0.2, -0.15) is 0 Å². The van der Waals surface area contributed by atoms with Gasteiger partial charge in [0.2, 0.25) is 0 Å². The van der Waals surface area contributed by atoms with E-state index in [0.717, 1.165) is 31.4 Å². The van der Waals surface area contributed by atoms with Crippen molar-refractivity contribution in [1.29, 1.82) is 0 Å². The highest BCUT2D eigenvalue weighted by molar-refractivity contribution is 5.03. The summed E-state index contributed by atoms with van der Waals surface area (Å²) in [6.45, 7) is 3.68. The van der Waals surface area contributed by atoms with Gasteiger partial charge in [-0.3, -0.25) is 0 Å². The van der Waals surface area contributed by atoms with E-state index in [9.17, 15) is 0 Å². The van der Waals surface area contributed by atoms with E-state index in [1.165, 1.54) is 0 Å². The van der Waals surface area contributed by atoms with E-state index < -0.39 is 0 Å². The zero-order valence-corrected chi connectivity index (χ0v) is 8.39. The largest absolute Gasteiger partial charge is 0.323 e. The maximum atomic E-state index is 5.96. The Bertz CT molecular complexity index is 258. The maximum absolute atomic E-state index is 5.96. The Labute approximate surface area is 85.1 Å². The standard InChI is InChI=1S/C11H17N3/c1-2-3-4-5-6-10(12)11-7-8-13-9-14-11/h2,7-10H,1,3-6,12H2. The van der Waals surface area contributed by atoms with Gasteiger partial charge < -0.3 is 5.73 Å². The smallest absolute Gasteiger partial charge is 0.115 e. The molecule has 0 amide bonds. The van der Waals surface area contributed by atoms with Gasteiger partial charge >= 0.3 is 0 Å². The molecule has 0 aliphatic carbocycles. The van der Waals surface area contributed by atoms with Crippen molar-refractivity contribution in [3.05, 3.63) is 36.9 Å². The van der Waals surface area contributed by atoms with Crippen LogP contribution in [0.4, 0.5) is 0 Å². The Morgan fingerprint density at radius 3 is 3.00 bits per heavy atom. The third-order valence-corrected chi connectivity index (χ3v) is 2.16. The van der Waals surface area contributed by atoms with Gasteiger partial charge in [0.1, 0.15) is 6.33 Å². The molecule has 3 nitrogen and oxygen atoms in total. The molecule has 0 radical (unpaired) electrons. The zero-order valence-electron chi connectivity index (χ0n) is 8.39. The number of aromatic nitrogens is 2. The fraction of sp³-hybridized carbons (Fsp3) is 0.455. The molecule has 0 aliphatic rings. The number of allylic oxidation sites excluding steroid dienone is 1. The van der Waals surface area contributed by atoms with E-state index in [4.69, 9.17) is 5.73 Å². The van der Waals surface area contributed by atoms with Gasteiger partial charge in [-0.15, -0.1) is 6.58 Å². The molecule has 1 heterocycles. The van der Waals surface area contributed by atoms with Crippen molar-refractivity contribution >= 4 is 0 Å². The van der Waals surface area contributed by atoms with Crippen molar-refractivity contribution in [2.45, 2.75) is 31.7 Å². The Balaban J connectivity index is 2.28. The number of nitrogens with zero attached hydrogens (tertiary/aromatic N) is 2. The van der Waals surface area contributed by atoms with E-state index in [1.807, 2.05) is 12.1 Å². The minimum Gasteiger partial charge on any atom is -0.323 e. The lowest BCUT2D eigenvalue weighted by Gasteiger charge is -2.09. The molecule has 1 aromatic rings. The van der Waals surface area contributed by atoms with E-state index in [1.54, 1.807) is 12.5 Å². The Morgan fingerprint density at radius 2 is 2.36 bits per heavy atom. The summed E-state index contributed by atoms with van der Waals surface area (Å²) in [5, 5.41) is 0. The summed E-state index contributed by atoms with van der Waals surface area (Å²) in [7, 11) is 0. The third kappa shape index (κ3) is 3.66. The average molecular weight is 191 g/mol. The minimum atomic E-state index is 0.0443. The molecule has 1 rings (SSSR count). The van der Waals surface area contributed by atoms with Crippen LogP contribution in [0.25, 0.3) is 0 Å². The molecular formula is C11H17N3. The first-order chi connectivity index (χ1) is 6.84. The molecule has 0 spiro atoms. The number of rotatable bonds is 6. The van der Waals surface area contributed by atoms with E-state index in [0.29, 0.717) is 0 Å². The van der Waals surface area contributed by atoms with Crippen LogP contribution in [0.15, 0.2) is 31.2 Å². The number of unbranched alkanes of at least 4 members (excludes halogenated alkanes) is 2. The van der Waals surface area contributed by atoms with Crippen LogP contribution in [-0.2, 0) is 0 Å². The van der Waals surface area contributed by atoms with Crippen molar-refractivity contribution in [3.63, 3.8) is 0 Å². The highest BCUT2D eigenvalue weighted by Crippen LogP contribution is 2.14. The van der Waals surface area contributed by atoms with Crippen molar-refractivity contribution in [2.75, 3.05) is 0 Å². The van der Waals surface area contributed by atoms with Crippen molar-refractivity contribution in [3.8, 4) is 0 Å². The molecule has 1 aromatic heterocycles. The fourth-order valence-corrected chi connectivity index (χ4v) is 1.32. The first-order valence-corrected chi connectivity index (χ1v) is 4.97.